The third-order valence-electron chi connectivity index (χ3n) is 5.95. The van der Waals surface area contributed by atoms with Crippen molar-refractivity contribution in [2.45, 2.75) is 25.1 Å². The molecule has 8 nitrogen and oxygen atoms in total. The molecule has 1 atom stereocenters. The molecule has 3 rings (SSSR count). The average Bonchev–Trinajstić information content (AvgIpc) is 2.81. The van der Waals surface area contributed by atoms with Crippen LogP contribution in [0.15, 0.2) is 52.7 Å². The van der Waals surface area contributed by atoms with Gasteiger partial charge in [-0.25, -0.2) is 13.1 Å². The smallest absolute Gasteiger partial charge is 0.256 e. The van der Waals surface area contributed by atoms with Crippen molar-refractivity contribution >= 4 is 44.8 Å². The zero-order chi connectivity index (χ0) is 25.9. The van der Waals surface area contributed by atoms with Gasteiger partial charge in [0, 0.05) is 35.4 Å². The molecule has 1 amide bonds. The van der Waals surface area contributed by atoms with E-state index >= 15 is 0 Å². The van der Waals surface area contributed by atoms with E-state index in [1.54, 1.807) is 48.3 Å². The van der Waals surface area contributed by atoms with Gasteiger partial charge >= 0.3 is 0 Å². The van der Waals surface area contributed by atoms with E-state index in [1.165, 1.54) is 14.2 Å². The Labute approximate surface area is 215 Å². The van der Waals surface area contributed by atoms with Gasteiger partial charge in [-0.15, -0.1) is 0 Å². The van der Waals surface area contributed by atoms with Crippen LogP contribution in [0, 0.1) is 0 Å². The fourth-order valence-corrected chi connectivity index (χ4v) is 5.40. The third kappa shape index (κ3) is 5.81. The summed E-state index contributed by atoms with van der Waals surface area (Å²) in [7, 11) is 1.01. The molecular weight excluding hydrogens is 511 g/mol. The van der Waals surface area contributed by atoms with E-state index in [0.29, 0.717) is 51.8 Å². The number of methoxy groups -OCH3 is 1. The van der Waals surface area contributed by atoms with Gasteiger partial charge in [0.1, 0.15) is 5.75 Å². The normalized spacial score (nSPS) is 17.0. The molecular formula is C24H28Cl2N4O4S. The summed E-state index contributed by atoms with van der Waals surface area (Å²) in [5, 5.41) is 0.636. The summed E-state index contributed by atoms with van der Waals surface area (Å²) in [6.07, 6.45) is 0.451. The van der Waals surface area contributed by atoms with Crippen LogP contribution in [0.1, 0.15) is 34.8 Å². The van der Waals surface area contributed by atoms with Crippen molar-refractivity contribution in [3.8, 4) is 5.75 Å². The molecule has 2 aromatic carbocycles. The Hall–Kier alpha value is -2.59. The molecule has 35 heavy (non-hydrogen) atoms. The Morgan fingerprint density at radius 3 is 2.63 bits per heavy atom. The van der Waals surface area contributed by atoms with Crippen molar-refractivity contribution in [3.05, 3.63) is 74.4 Å². The topological polar surface area (TPSA) is 114 Å². The van der Waals surface area contributed by atoms with E-state index in [0.717, 1.165) is 5.57 Å². The summed E-state index contributed by atoms with van der Waals surface area (Å²) in [5.74, 6) is -0.0488. The fraction of sp³-hybridized carbons (Fsp3) is 0.333. The second-order valence-corrected chi connectivity index (χ2v) is 10.8. The van der Waals surface area contributed by atoms with E-state index in [2.05, 4.69) is 9.71 Å². The van der Waals surface area contributed by atoms with Gasteiger partial charge < -0.3 is 15.4 Å². The number of nitrogens with two attached hydrogens (primary N) is 1. The lowest BCUT2D eigenvalue weighted by molar-refractivity contribution is 0.0706. The molecule has 0 aromatic heterocycles. The first-order valence-electron chi connectivity index (χ1n) is 10.8. The number of carbonyl (C=O) groups is 1. The number of amides is 1. The monoisotopic (exact) mass is 538 g/mol. The average molecular weight is 539 g/mol. The Morgan fingerprint density at radius 2 is 2.00 bits per heavy atom. The van der Waals surface area contributed by atoms with Gasteiger partial charge in [-0.2, -0.15) is 0 Å². The maximum Gasteiger partial charge on any atom is 0.256 e. The SMILES string of the molecule is CN=C(C1=C(N)[C@H](C)N(C(=O)c2cccc(OC)c2Cl)CC1)c1cc(Cl)cc(CS(=O)(=O)NC)c1. The number of sulfonamides is 1. The second kappa shape index (κ2) is 11.0. The Kier molecular flexibility index (Phi) is 8.48. The minimum atomic E-state index is -3.48. The maximum atomic E-state index is 13.3. The van der Waals surface area contributed by atoms with Crippen molar-refractivity contribution < 1.29 is 17.9 Å². The summed E-state index contributed by atoms with van der Waals surface area (Å²) >= 11 is 12.7. The van der Waals surface area contributed by atoms with Crippen molar-refractivity contribution in [2.75, 3.05) is 27.7 Å². The molecule has 188 valence electrons. The molecule has 2 aromatic rings. The molecule has 11 heteroatoms. The number of rotatable bonds is 7. The van der Waals surface area contributed by atoms with Gasteiger partial charge in [-0.3, -0.25) is 9.79 Å². The molecule has 1 heterocycles. The predicted octanol–water partition coefficient (Wildman–Crippen LogP) is 3.62. The molecule has 0 fully saturated rings. The van der Waals surface area contributed by atoms with Gasteiger partial charge in [0.05, 0.1) is 35.2 Å². The first-order chi connectivity index (χ1) is 16.5. The molecule has 0 unspecified atom stereocenters. The standard InChI is InChI=1S/C24H28Cl2N4O4S/c1-14-22(27)19(8-9-30(14)24(31)18-6-5-7-20(34-4)21(18)26)23(28-2)16-10-15(11-17(25)12-16)13-35(32,33)29-3/h5-7,10-12,14,29H,8-9,13,27H2,1-4H3/t14-/m0/s1. The Balaban J connectivity index is 1.95. The van der Waals surface area contributed by atoms with Gasteiger partial charge in [-0.05, 0) is 56.3 Å². The number of benzene rings is 2. The van der Waals surface area contributed by atoms with Crippen LogP contribution in [-0.2, 0) is 15.8 Å². The Morgan fingerprint density at radius 1 is 1.29 bits per heavy atom. The van der Waals surface area contributed by atoms with E-state index in [1.807, 2.05) is 6.92 Å². The molecule has 0 saturated carbocycles. The van der Waals surface area contributed by atoms with Crippen LogP contribution in [-0.4, -0.2) is 58.7 Å². The van der Waals surface area contributed by atoms with Gasteiger partial charge in [-0.1, -0.05) is 29.3 Å². The maximum absolute atomic E-state index is 13.3. The number of ether oxygens (including phenoxy) is 1. The first-order valence-corrected chi connectivity index (χ1v) is 13.2. The lowest BCUT2D eigenvalue weighted by Crippen LogP contribution is -2.46. The number of hydrogen-bond acceptors (Lipinski definition) is 6. The van der Waals surface area contributed by atoms with Crippen molar-refractivity contribution in [2.24, 2.45) is 10.7 Å². The molecule has 1 aliphatic heterocycles. The van der Waals surface area contributed by atoms with E-state index in [-0.39, 0.29) is 16.7 Å². The summed E-state index contributed by atoms with van der Waals surface area (Å²) in [4.78, 5) is 19.4. The minimum Gasteiger partial charge on any atom is -0.495 e. The largest absolute Gasteiger partial charge is 0.495 e. The summed E-state index contributed by atoms with van der Waals surface area (Å²) in [5.41, 5.74) is 9.94. The highest BCUT2D eigenvalue weighted by molar-refractivity contribution is 7.88. The van der Waals surface area contributed by atoms with Crippen molar-refractivity contribution in [1.82, 2.24) is 9.62 Å². The predicted molar refractivity (Wildman–Crippen MR) is 140 cm³/mol. The summed E-state index contributed by atoms with van der Waals surface area (Å²) < 4.78 is 31.6. The number of nitrogens with zero attached hydrogens (tertiary/aromatic N) is 2. The summed E-state index contributed by atoms with van der Waals surface area (Å²) in [6.45, 7) is 2.24. The second-order valence-electron chi connectivity index (χ2n) is 8.06. The van der Waals surface area contributed by atoms with Crippen molar-refractivity contribution in [1.29, 1.82) is 0 Å². The third-order valence-corrected chi connectivity index (χ3v) is 7.89. The van der Waals surface area contributed by atoms with E-state index in [4.69, 9.17) is 33.7 Å². The number of carbonyl (C=O) groups excluding carboxylic acids is 1. The quantitative estimate of drug-likeness (QED) is 0.522. The van der Waals surface area contributed by atoms with Crippen LogP contribution in [0.3, 0.4) is 0 Å². The highest BCUT2D eigenvalue weighted by Gasteiger charge is 2.32. The molecule has 1 aliphatic rings. The van der Waals surface area contributed by atoms with Crippen LogP contribution in [0.5, 0.6) is 5.75 Å². The van der Waals surface area contributed by atoms with Crippen LogP contribution >= 0.6 is 23.2 Å². The van der Waals surface area contributed by atoms with Crippen molar-refractivity contribution in [3.63, 3.8) is 0 Å². The molecule has 0 spiro atoms. The van der Waals surface area contributed by atoms with Gasteiger partial charge in [0.15, 0.2) is 0 Å². The molecule has 0 radical (unpaired) electrons. The van der Waals surface area contributed by atoms with E-state index in [9.17, 15) is 13.2 Å². The van der Waals surface area contributed by atoms with E-state index < -0.39 is 16.1 Å². The summed E-state index contributed by atoms with van der Waals surface area (Å²) in [6, 6.07) is 9.70. The zero-order valence-corrected chi connectivity index (χ0v) is 22.3. The first kappa shape index (κ1) is 27.0. The number of nitrogens with one attached hydrogen (secondary N) is 1. The van der Waals surface area contributed by atoms with Crippen LogP contribution < -0.4 is 15.2 Å². The fourth-order valence-electron chi connectivity index (χ4n) is 4.11. The zero-order valence-electron chi connectivity index (χ0n) is 19.9. The molecule has 0 saturated heterocycles. The van der Waals surface area contributed by atoms with Gasteiger partial charge in [0.2, 0.25) is 10.0 Å². The highest BCUT2D eigenvalue weighted by atomic mass is 35.5. The molecule has 0 bridgehead atoms. The van der Waals surface area contributed by atoms with Crippen LogP contribution in [0.25, 0.3) is 0 Å². The lowest BCUT2D eigenvalue weighted by atomic mass is 9.91. The van der Waals surface area contributed by atoms with Crippen LogP contribution in [0.2, 0.25) is 10.0 Å². The Bertz CT molecular complexity index is 1310. The number of hydrogen-bond donors (Lipinski definition) is 2. The minimum absolute atomic E-state index is 0.220. The lowest BCUT2D eigenvalue weighted by Gasteiger charge is -2.36. The number of aliphatic imine (C=N–C) groups is 1. The van der Waals surface area contributed by atoms with Gasteiger partial charge in [0.25, 0.3) is 5.91 Å². The number of halogens is 2. The molecule has 0 aliphatic carbocycles. The van der Waals surface area contributed by atoms with Crippen LogP contribution in [0.4, 0.5) is 0 Å². The highest BCUT2D eigenvalue weighted by Crippen LogP contribution is 2.32. The molecule has 3 N–H and O–H groups in total.